The third-order valence-corrected chi connectivity index (χ3v) is 3.58. The second kappa shape index (κ2) is 6.48. The molecule has 1 N–H and O–H groups in total. The van der Waals surface area contributed by atoms with E-state index >= 15 is 0 Å². The zero-order valence-electron chi connectivity index (χ0n) is 13.1. The van der Waals surface area contributed by atoms with E-state index in [4.69, 9.17) is 4.74 Å². The Morgan fingerprint density at radius 1 is 1.13 bits per heavy atom. The van der Waals surface area contributed by atoms with Crippen LogP contribution in [0.5, 0.6) is 5.75 Å². The lowest BCUT2D eigenvalue weighted by atomic mass is 10.2. The topological polar surface area (TPSA) is 51.2 Å². The van der Waals surface area contributed by atoms with Crippen molar-refractivity contribution in [1.29, 1.82) is 0 Å². The third-order valence-electron chi connectivity index (χ3n) is 3.58. The van der Waals surface area contributed by atoms with Gasteiger partial charge in [0.25, 0.3) is 5.91 Å². The lowest BCUT2D eigenvalue weighted by molar-refractivity contribution is -0.122. The first kappa shape index (κ1) is 15.0. The average Bonchev–Trinajstić information content (AvgIpc) is 2.55. The van der Waals surface area contributed by atoms with Gasteiger partial charge in [0, 0.05) is 11.6 Å². The number of aryl methyl sites for hydroxylation is 1. The van der Waals surface area contributed by atoms with Crippen LogP contribution in [-0.2, 0) is 4.79 Å². The summed E-state index contributed by atoms with van der Waals surface area (Å²) in [6.07, 6.45) is 1.14. The summed E-state index contributed by atoms with van der Waals surface area (Å²) in [4.78, 5) is 16.7. The van der Waals surface area contributed by atoms with Gasteiger partial charge in [-0.05, 0) is 55.8 Å². The molecule has 0 saturated carbocycles. The van der Waals surface area contributed by atoms with Crippen LogP contribution in [0.1, 0.15) is 12.5 Å². The van der Waals surface area contributed by atoms with E-state index in [1.165, 1.54) is 0 Å². The van der Waals surface area contributed by atoms with Crippen molar-refractivity contribution in [2.24, 2.45) is 0 Å². The van der Waals surface area contributed by atoms with Crippen LogP contribution in [0.4, 0.5) is 5.69 Å². The fourth-order valence-corrected chi connectivity index (χ4v) is 2.39. The van der Waals surface area contributed by atoms with Crippen LogP contribution < -0.4 is 10.1 Å². The first-order chi connectivity index (χ1) is 11.1. The molecule has 4 nitrogen and oxygen atoms in total. The van der Waals surface area contributed by atoms with Gasteiger partial charge in [0.1, 0.15) is 5.75 Å². The van der Waals surface area contributed by atoms with Crippen LogP contribution in [0.25, 0.3) is 10.9 Å². The average molecular weight is 306 g/mol. The number of benzene rings is 2. The van der Waals surface area contributed by atoms with Crippen LogP contribution in [0, 0.1) is 6.92 Å². The summed E-state index contributed by atoms with van der Waals surface area (Å²) in [5, 5.41) is 3.82. The summed E-state index contributed by atoms with van der Waals surface area (Å²) in [6.45, 7) is 3.72. The summed E-state index contributed by atoms with van der Waals surface area (Å²) in [7, 11) is 0. The van der Waals surface area contributed by atoms with Gasteiger partial charge >= 0.3 is 0 Å². The van der Waals surface area contributed by atoms with Crippen LogP contribution in [-0.4, -0.2) is 17.0 Å². The minimum Gasteiger partial charge on any atom is -0.481 e. The molecular weight excluding hydrogens is 288 g/mol. The number of carbonyl (C=O) groups is 1. The highest BCUT2D eigenvalue weighted by Crippen LogP contribution is 2.22. The second-order valence-electron chi connectivity index (χ2n) is 5.44. The highest BCUT2D eigenvalue weighted by molar-refractivity contribution is 6.02. The van der Waals surface area contributed by atoms with Gasteiger partial charge in [0.15, 0.2) is 6.10 Å². The molecule has 1 atom stereocenters. The van der Waals surface area contributed by atoms with Gasteiger partial charge in [0.2, 0.25) is 0 Å². The van der Waals surface area contributed by atoms with Crippen molar-refractivity contribution in [2.45, 2.75) is 20.0 Å². The number of carbonyl (C=O) groups excluding carboxylic acids is 1. The maximum atomic E-state index is 12.4. The number of aromatic nitrogens is 1. The molecule has 2 aromatic carbocycles. The van der Waals surface area contributed by atoms with Gasteiger partial charge in [-0.25, -0.2) is 0 Å². The molecule has 1 aromatic heterocycles. The molecule has 1 heterocycles. The quantitative estimate of drug-likeness (QED) is 0.794. The van der Waals surface area contributed by atoms with Crippen LogP contribution >= 0.6 is 0 Å². The molecule has 0 bridgehead atoms. The molecule has 0 radical (unpaired) electrons. The minimum absolute atomic E-state index is 0.192. The van der Waals surface area contributed by atoms with Gasteiger partial charge in [-0.1, -0.05) is 18.2 Å². The summed E-state index contributed by atoms with van der Waals surface area (Å²) < 4.78 is 5.71. The fourth-order valence-electron chi connectivity index (χ4n) is 2.39. The number of fused-ring (bicyclic) bond motifs is 1. The van der Waals surface area contributed by atoms with Crippen molar-refractivity contribution in [3.63, 3.8) is 0 Å². The number of hydrogen-bond donors (Lipinski definition) is 1. The number of amides is 1. The number of ether oxygens (including phenoxy) is 1. The Balaban J connectivity index is 1.75. The Morgan fingerprint density at radius 3 is 2.78 bits per heavy atom. The first-order valence-corrected chi connectivity index (χ1v) is 7.51. The van der Waals surface area contributed by atoms with Crippen molar-refractivity contribution in [3.8, 4) is 5.75 Å². The lowest BCUT2D eigenvalue weighted by Crippen LogP contribution is -2.30. The zero-order valence-corrected chi connectivity index (χ0v) is 13.1. The zero-order chi connectivity index (χ0) is 16.2. The van der Waals surface area contributed by atoms with Crippen molar-refractivity contribution in [2.75, 3.05) is 5.32 Å². The van der Waals surface area contributed by atoms with E-state index in [1.807, 2.05) is 61.5 Å². The summed E-state index contributed by atoms with van der Waals surface area (Å²) >= 11 is 0. The molecule has 1 amide bonds. The smallest absolute Gasteiger partial charge is 0.265 e. The Labute approximate surface area is 135 Å². The Bertz CT molecular complexity index is 840. The van der Waals surface area contributed by atoms with E-state index in [1.54, 1.807) is 13.1 Å². The van der Waals surface area contributed by atoms with Gasteiger partial charge in [-0.2, -0.15) is 0 Å². The van der Waals surface area contributed by atoms with Crippen LogP contribution in [0.3, 0.4) is 0 Å². The molecule has 0 saturated heterocycles. The monoisotopic (exact) mass is 306 g/mol. The predicted molar refractivity (Wildman–Crippen MR) is 91.6 cm³/mol. The molecule has 0 unspecified atom stereocenters. The van der Waals surface area contributed by atoms with Crippen molar-refractivity contribution in [1.82, 2.24) is 4.98 Å². The number of anilines is 1. The normalized spacial score (nSPS) is 11.9. The third kappa shape index (κ3) is 3.48. The SMILES string of the molecule is Cc1cccc(O[C@H](C)C(=O)Nc2cccc3ncccc23)c1. The molecule has 0 aliphatic carbocycles. The van der Waals surface area contributed by atoms with E-state index in [2.05, 4.69) is 10.3 Å². The van der Waals surface area contributed by atoms with Crippen molar-refractivity contribution >= 4 is 22.5 Å². The van der Waals surface area contributed by atoms with Crippen molar-refractivity contribution in [3.05, 3.63) is 66.4 Å². The van der Waals surface area contributed by atoms with Crippen LogP contribution in [0.15, 0.2) is 60.8 Å². The molecular formula is C19H18N2O2. The summed E-state index contributed by atoms with van der Waals surface area (Å²) in [5.41, 5.74) is 2.67. The highest BCUT2D eigenvalue weighted by atomic mass is 16.5. The number of pyridine rings is 1. The van der Waals surface area contributed by atoms with Gasteiger partial charge in [-0.3, -0.25) is 9.78 Å². The number of nitrogens with zero attached hydrogens (tertiary/aromatic N) is 1. The van der Waals surface area contributed by atoms with Crippen molar-refractivity contribution < 1.29 is 9.53 Å². The Morgan fingerprint density at radius 2 is 1.96 bits per heavy atom. The minimum atomic E-state index is -0.594. The molecule has 4 heteroatoms. The number of rotatable bonds is 4. The molecule has 3 aromatic rings. The molecule has 3 rings (SSSR count). The highest BCUT2D eigenvalue weighted by Gasteiger charge is 2.16. The van der Waals surface area contributed by atoms with Crippen LogP contribution in [0.2, 0.25) is 0 Å². The first-order valence-electron chi connectivity index (χ1n) is 7.51. The number of hydrogen-bond acceptors (Lipinski definition) is 3. The van der Waals surface area contributed by atoms with E-state index in [9.17, 15) is 4.79 Å². The maximum absolute atomic E-state index is 12.4. The predicted octanol–water partition coefficient (Wildman–Crippen LogP) is 3.95. The fraction of sp³-hybridized carbons (Fsp3) is 0.158. The largest absolute Gasteiger partial charge is 0.481 e. The standard InChI is InChI=1S/C19H18N2O2/c1-13-6-3-7-15(12-13)23-14(2)19(22)21-18-10-4-9-17-16(18)8-5-11-20-17/h3-12,14H,1-2H3,(H,21,22)/t14-/m1/s1. The Hall–Kier alpha value is -2.88. The van der Waals surface area contributed by atoms with Gasteiger partial charge in [-0.15, -0.1) is 0 Å². The second-order valence-corrected chi connectivity index (χ2v) is 5.44. The molecule has 0 aliphatic rings. The van der Waals surface area contributed by atoms with E-state index in [0.717, 1.165) is 22.2 Å². The summed E-state index contributed by atoms with van der Waals surface area (Å²) in [5.74, 6) is 0.495. The molecule has 0 fully saturated rings. The summed E-state index contributed by atoms with van der Waals surface area (Å²) in [6, 6.07) is 17.1. The maximum Gasteiger partial charge on any atom is 0.265 e. The van der Waals surface area contributed by atoms with E-state index in [-0.39, 0.29) is 5.91 Å². The lowest BCUT2D eigenvalue weighted by Gasteiger charge is -2.16. The van der Waals surface area contributed by atoms with E-state index in [0.29, 0.717) is 5.75 Å². The molecule has 23 heavy (non-hydrogen) atoms. The van der Waals surface area contributed by atoms with E-state index < -0.39 is 6.10 Å². The molecule has 0 spiro atoms. The van der Waals surface area contributed by atoms with Gasteiger partial charge < -0.3 is 10.1 Å². The van der Waals surface area contributed by atoms with Gasteiger partial charge in [0.05, 0.1) is 11.2 Å². The molecule has 0 aliphatic heterocycles. The molecule has 116 valence electrons. The number of nitrogens with one attached hydrogen (secondary N) is 1. The Kier molecular flexibility index (Phi) is 4.24.